The highest BCUT2D eigenvalue weighted by Crippen LogP contribution is 2.23. The van der Waals surface area contributed by atoms with Crippen LogP contribution in [0, 0.1) is 13.8 Å². The first kappa shape index (κ1) is 20.8. The molecule has 0 radical (unpaired) electrons. The van der Waals surface area contributed by atoms with E-state index in [4.69, 9.17) is 4.74 Å². The number of nitrogens with zero attached hydrogens (tertiary/aromatic N) is 1. The fraction of sp³-hybridized carbons (Fsp3) is 0.350. The van der Waals surface area contributed by atoms with E-state index in [9.17, 15) is 13.2 Å². The number of anilines is 1. The van der Waals surface area contributed by atoms with Gasteiger partial charge in [0.1, 0.15) is 12.3 Å². The van der Waals surface area contributed by atoms with Crippen molar-refractivity contribution >= 4 is 21.6 Å². The molecule has 2 aromatic carbocycles. The summed E-state index contributed by atoms with van der Waals surface area (Å²) in [6.45, 7) is 5.34. The molecule has 0 aromatic heterocycles. The van der Waals surface area contributed by atoms with Gasteiger partial charge in [-0.3, -0.25) is 9.10 Å². The molecular weight excluding hydrogens is 364 g/mol. The van der Waals surface area contributed by atoms with Crippen molar-refractivity contribution in [1.29, 1.82) is 0 Å². The van der Waals surface area contributed by atoms with Crippen molar-refractivity contribution < 1.29 is 17.9 Å². The Morgan fingerprint density at radius 2 is 1.78 bits per heavy atom. The number of methoxy groups -OCH3 is 1. The third kappa shape index (κ3) is 5.47. The first-order valence-corrected chi connectivity index (χ1v) is 10.4. The van der Waals surface area contributed by atoms with E-state index in [2.05, 4.69) is 5.32 Å². The topological polar surface area (TPSA) is 75.7 Å². The van der Waals surface area contributed by atoms with E-state index in [-0.39, 0.29) is 18.5 Å². The van der Waals surface area contributed by atoms with E-state index in [1.54, 1.807) is 13.2 Å². The van der Waals surface area contributed by atoms with Crippen LogP contribution in [0.5, 0.6) is 5.75 Å². The van der Waals surface area contributed by atoms with Gasteiger partial charge in [-0.1, -0.05) is 29.8 Å². The zero-order valence-electron chi connectivity index (χ0n) is 16.3. The van der Waals surface area contributed by atoms with Crippen LogP contribution in [0.15, 0.2) is 42.5 Å². The second-order valence-electron chi connectivity index (χ2n) is 6.62. The predicted octanol–water partition coefficient (Wildman–Crippen LogP) is 2.96. The van der Waals surface area contributed by atoms with Crippen LogP contribution in [0.4, 0.5) is 5.69 Å². The van der Waals surface area contributed by atoms with E-state index < -0.39 is 10.0 Å². The van der Waals surface area contributed by atoms with E-state index in [0.29, 0.717) is 5.69 Å². The van der Waals surface area contributed by atoms with Gasteiger partial charge in [0.2, 0.25) is 15.9 Å². The third-order valence-electron chi connectivity index (χ3n) is 4.30. The molecule has 0 saturated carbocycles. The van der Waals surface area contributed by atoms with E-state index in [0.717, 1.165) is 33.0 Å². The van der Waals surface area contributed by atoms with E-state index >= 15 is 0 Å². The molecule has 7 heteroatoms. The number of hydrogen-bond acceptors (Lipinski definition) is 4. The van der Waals surface area contributed by atoms with Gasteiger partial charge in [0.15, 0.2) is 0 Å². The molecule has 0 fully saturated rings. The first-order valence-electron chi connectivity index (χ1n) is 8.60. The number of carbonyl (C=O) groups excluding carboxylic acids is 1. The Balaban J connectivity index is 2.16. The lowest BCUT2D eigenvalue weighted by atomic mass is 10.1. The van der Waals surface area contributed by atoms with Gasteiger partial charge in [-0.05, 0) is 50.1 Å². The Bertz CT molecular complexity index is 908. The number of benzene rings is 2. The molecule has 146 valence electrons. The zero-order chi connectivity index (χ0) is 20.2. The molecule has 0 bridgehead atoms. The minimum Gasteiger partial charge on any atom is -0.497 e. The van der Waals surface area contributed by atoms with Gasteiger partial charge in [0.25, 0.3) is 0 Å². The Kier molecular flexibility index (Phi) is 6.49. The van der Waals surface area contributed by atoms with Crippen LogP contribution >= 0.6 is 0 Å². The smallest absolute Gasteiger partial charge is 0.241 e. The maximum absolute atomic E-state index is 12.5. The molecule has 1 N–H and O–H groups in total. The van der Waals surface area contributed by atoms with Crippen LogP contribution < -0.4 is 14.4 Å². The van der Waals surface area contributed by atoms with Gasteiger partial charge >= 0.3 is 0 Å². The summed E-state index contributed by atoms with van der Waals surface area (Å²) in [7, 11) is -2.01. The molecule has 6 nitrogen and oxygen atoms in total. The average Bonchev–Trinajstić information content (AvgIpc) is 2.59. The van der Waals surface area contributed by atoms with Crippen LogP contribution in [0.2, 0.25) is 0 Å². The van der Waals surface area contributed by atoms with Crippen molar-refractivity contribution in [2.75, 3.05) is 24.2 Å². The fourth-order valence-corrected chi connectivity index (χ4v) is 3.77. The lowest BCUT2D eigenvalue weighted by molar-refractivity contribution is -0.120. The summed E-state index contributed by atoms with van der Waals surface area (Å²) in [5, 5.41) is 2.85. The van der Waals surface area contributed by atoms with Gasteiger partial charge in [-0.2, -0.15) is 0 Å². The maximum Gasteiger partial charge on any atom is 0.241 e. The number of rotatable bonds is 7. The van der Waals surface area contributed by atoms with Gasteiger partial charge in [-0.15, -0.1) is 0 Å². The summed E-state index contributed by atoms with van der Waals surface area (Å²) in [6.07, 6.45) is 1.10. The Labute approximate surface area is 161 Å². The lowest BCUT2D eigenvalue weighted by Crippen LogP contribution is -2.41. The molecule has 0 spiro atoms. The highest BCUT2D eigenvalue weighted by atomic mass is 32.2. The summed E-state index contributed by atoms with van der Waals surface area (Å²) in [5.74, 6) is 0.360. The van der Waals surface area contributed by atoms with Crippen LogP contribution in [-0.4, -0.2) is 34.2 Å². The summed E-state index contributed by atoms with van der Waals surface area (Å²) < 4.78 is 30.8. The molecule has 0 aliphatic rings. The number of sulfonamides is 1. The molecule has 1 atom stereocenters. The minimum atomic E-state index is -3.60. The second kappa shape index (κ2) is 8.43. The van der Waals surface area contributed by atoms with Gasteiger partial charge in [0, 0.05) is 0 Å². The SMILES string of the molecule is COc1ccc([C@H](C)NC(=O)CN(c2ccc(C)cc2C)S(C)(=O)=O)cc1. The maximum atomic E-state index is 12.5. The number of aryl methyl sites for hydroxylation is 2. The number of nitrogens with one attached hydrogen (secondary N) is 1. The molecule has 2 aromatic rings. The van der Waals surface area contributed by atoms with Crippen LogP contribution in [0.25, 0.3) is 0 Å². The second-order valence-corrected chi connectivity index (χ2v) is 8.53. The molecule has 0 saturated heterocycles. The third-order valence-corrected chi connectivity index (χ3v) is 5.43. The Hall–Kier alpha value is -2.54. The van der Waals surface area contributed by atoms with Crippen molar-refractivity contribution in [3.8, 4) is 5.75 Å². The van der Waals surface area contributed by atoms with Crippen LogP contribution in [0.3, 0.4) is 0 Å². The van der Waals surface area contributed by atoms with Gasteiger partial charge < -0.3 is 10.1 Å². The van der Waals surface area contributed by atoms with Crippen molar-refractivity contribution in [1.82, 2.24) is 5.32 Å². The number of hydrogen-bond donors (Lipinski definition) is 1. The summed E-state index contributed by atoms with van der Waals surface area (Å²) in [6, 6.07) is 12.6. The number of ether oxygens (including phenoxy) is 1. The number of carbonyl (C=O) groups is 1. The highest BCUT2D eigenvalue weighted by Gasteiger charge is 2.23. The molecule has 0 aliphatic heterocycles. The van der Waals surface area contributed by atoms with E-state index in [1.165, 1.54) is 0 Å². The van der Waals surface area contributed by atoms with Crippen molar-refractivity contribution in [2.24, 2.45) is 0 Å². The largest absolute Gasteiger partial charge is 0.497 e. The van der Waals surface area contributed by atoms with E-state index in [1.807, 2.05) is 57.2 Å². The molecular formula is C20H26N2O4S. The lowest BCUT2D eigenvalue weighted by Gasteiger charge is -2.25. The molecule has 1 amide bonds. The molecule has 2 rings (SSSR count). The summed E-state index contributed by atoms with van der Waals surface area (Å²) in [4.78, 5) is 12.5. The van der Waals surface area contributed by atoms with Crippen LogP contribution in [-0.2, 0) is 14.8 Å². The Morgan fingerprint density at radius 3 is 2.30 bits per heavy atom. The standard InChI is InChI=1S/C20H26N2O4S/c1-14-6-11-19(15(2)12-14)22(27(5,24)25)13-20(23)21-16(3)17-7-9-18(26-4)10-8-17/h6-12,16H,13H2,1-5H3,(H,21,23)/t16-/m0/s1. The quantitative estimate of drug-likeness (QED) is 0.789. The monoisotopic (exact) mass is 390 g/mol. The normalized spacial score (nSPS) is 12.3. The average molecular weight is 391 g/mol. The summed E-state index contributed by atoms with van der Waals surface area (Å²) >= 11 is 0. The van der Waals surface area contributed by atoms with Crippen LogP contribution in [0.1, 0.15) is 29.7 Å². The molecule has 0 heterocycles. The Morgan fingerprint density at radius 1 is 1.15 bits per heavy atom. The highest BCUT2D eigenvalue weighted by molar-refractivity contribution is 7.92. The first-order chi connectivity index (χ1) is 12.6. The fourth-order valence-electron chi connectivity index (χ4n) is 2.86. The minimum absolute atomic E-state index is 0.260. The molecule has 27 heavy (non-hydrogen) atoms. The van der Waals surface area contributed by atoms with Gasteiger partial charge in [0.05, 0.1) is 25.1 Å². The summed E-state index contributed by atoms with van der Waals surface area (Å²) in [5.41, 5.74) is 3.25. The van der Waals surface area contributed by atoms with Gasteiger partial charge in [-0.25, -0.2) is 8.42 Å². The van der Waals surface area contributed by atoms with Crippen molar-refractivity contribution in [2.45, 2.75) is 26.8 Å². The molecule has 0 aliphatic carbocycles. The number of amides is 1. The van der Waals surface area contributed by atoms with Crippen molar-refractivity contribution in [3.63, 3.8) is 0 Å². The zero-order valence-corrected chi connectivity index (χ0v) is 17.1. The van der Waals surface area contributed by atoms with Crippen molar-refractivity contribution in [3.05, 3.63) is 59.2 Å². The molecule has 0 unspecified atom stereocenters. The predicted molar refractivity (Wildman–Crippen MR) is 108 cm³/mol.